The second-order valence-corrected chi connectivity index (χ2v) is 8.12. The van der Waals surface area contributed by atoms with E-state index in [-0.39, 0.29) is 24.2 Å². The SMILES string of the molecule is COc1ccc(Cl)cc1N1CC(C(=O)N2CCN(Cc3cccnc3)CC2)CC1=O. The van der Waals surface area contributed by atoms with Crippen LogP contribution in [0.15, 0.2) is 42.7 Å². The quantitative estimate of drug-likeness (QED) is 0.731. The Kier molecular flexibility index (Phi) is 6.20. The predicted molar refractivity (Wildman–Crippen MR) is 115 cm³/mol. The van der Waals surface area contributed by atoms with Crippen LogP contribution in [-0.4, -0.2) is 66.4 Å². The summed E-state index contributed by atoms with van der Waals surface area (Å²) in [6, 6.07) is 9.17. The zero-order chi connectivity index (χ0) is 21.1. The van der Waals surface area contributed by atoms with Gasteiger partial charge in [0.05, 0.1) is 18.7 Å². The summed E-state index contributed by atoms with van der Waals surface area (Å²) in [7, 11) is 1.56. The third-order valence-corrected chi connectivity index (χ3v) is 5.95. The van der Waals surface area contributed by atoms with Crippen LogP contribution in [0.1, 0.15) is 12.0 Å². The molecule has 2 aromatic rings. The van der Waals surface area contributed by atoms with Gasteiger partial charge in [-0.3, -0.25) is 19.5 Å². The van der Waals surface area contributed by atoms with Crippen molar-refractivity contribution < 1.29 is 14.3 Å². The molecule has 0 aliphatic carbocycles. The van der Waals surface area contributed by atoms with Gasteiger partial charge in [-0.25, -0.2) is 0 Å². The van der Waals surface area contributed by atoms with Crippen LogP contribution in [0.5, 0.6) is 5.75 Å². The number of aromatic nitrogens is 1. The first-order valence-corrected chi connectivity index (χ1v) is 10.5. The normalized spacial score (nSPS) is 19.9. The number of piperazine rings is 1. The summed E-state index contributed by atoms with van der Waals surface area (Å²) in [5.74, 6) is 0.202. The number of halogens is 1. The molecule has 4 rings (SSSR count). The number of anilines is 1. The molecule has 30 heavy (non-hydrogen) atoms. The monoisotopic (exact) mass is 428 g/mol. The van der Waals surface area contributed by atoms with Gasteiger partial charge < -0.3 is 14.5 Å². The predicted octanol–water partition coefficient (Wildman–Crippen LogP) is 2.44. The van der Waals surface area contributed by atoms with E-state index < -0.39 is 0 Å². The number of pyridine rings is 1. The summed E-state index contributed by atoms with van der Waals surface area (Å²) in [6.45, 7) is 4.15. The molecule has 1 aromatic carbocycles. The van der Waals surface area contributed by atoms with Crippen molar-refractivity contribution in [2.24, 2.45) is 5.92 Å². The number of rotatable bonds is 5. The lowest BCUT2D eigenvalue weighted by Gasteiger charge is -2.35. The van der Waals surface area contributed by atoms with Crippen molar-refractivity contribution in [3.8, 4) is 5.75 Å². The highest BCUT2D eigenvalue weighted by Gasteiger charge is 2.38. The van der Waals surface area contributed by atoms with Crippen LogP contribution < -0.4 is 9.64 Å². The third-order valence-electron chi connectivity index (χ3n) is 5.72. The summed E-state index contributed by atoms with van der Waals surface area (Å²) in [5, 5.41) is 0.526. The van der Waals surface area contributed by atoms with E-state index in [1.165, 1.54) is 5.56 Å². The maximum absolute atomic E-state index is 13.1. The Morgan fingerprint density at radius 1 is 1.23 bits per heavy atom. The molecule has 3 heterocycles. The van der Waals surface area contributed by atoms with Crippen LogP contribution in [0.3, 0.4) is 0 Å². The minimum Gasteiger partial charge on any atom is -0.495 e. The van der Waals surface area contributed by atoms with Crippen LogP contribution in [0.4, 0.5) is 5.69 Å². The lowest BCUT2D eigenvalue weighted by atomic mass is 10.1. The van der Waals surface area contributed by atoms with Gasteiger partial charge in [-0.15, -0.1) is 0 Å². The number of benzene rings is 1. The number of hydrogen-bond donors (Lipinski definition) is 0. The summed E-state index contributed by atoms with van der Waals surface area (Å²) in [4.78, 5) is 35.7. The van der Waals surface area contributed by atoms with Gasteiger partial charge in [0.15, 0.2) is 0 Å². The van der Waals surface area contributed by atoms with Crippen molar-refractivity contribution in [3.63, 3.8) is 0 Å². The van der Waals surface area contributed by atoms with Crippen LogP contribution in [0.2, 0.25) is 5.02 Å². The van der Waals surface area contributed by atoms with Gasteiger partial charge in [0.25, 0.3) is 0 Å². The molecule has 0 saturated carbocycles. The second-order valence-electron chi connectivity index (χ2n) is 7.68. The van der Waals surface area contributed by atoms with Crippen LogP contribution in [0, 0.1) is 5.92 Å². The Labute approximate surface area is 181 Å². The number of ether oxygens (including phenoxy) is 1. The van der Waals surface area contributed by atoms with Crippen molar-refractivity contribution in [2.45, 2.75) is 13.0 Å². The van der Waals surface area contributed by atoms with E-state index in [1.54, 1.807) is 36.4 Å². The van der Waals surface area contributed by atoms with E-state index in [1.807, 2.05) is 17.2 Å². The van der Waals surface area contributed by atoms with E-state index in [4.69, 9.17) is 16.3 Å². The summed E-state index contributed by atoms with van der Waals surface area (Å²) >= 11 is 6.12. The molecule has 1 unspecified atom stereocenters. The van der Waals surface area contributed by atoms with E-state index >= 15 is 0 Å². The number of methoxy groups -OCH3 is 1. The number of carbonyl (C=O) groups is 2. The van der Waals surface area contributed by atoms with Crippen molar-refractivity contribution in [1.82, 2.24) is 14.8 Å². The van der Waals surface area contributed by atoms with Crippen molar-refractivity contribution >= 4 is 29.1 Å². The first-order valence-electron chi connectivity index (χ1n) is 10.1. The molecule has 0 N–H and O–H groups in total. The molecule has 1 atom stereocenters. The van der Waals surface area contributed by atoms with E-state index in [2.05, 4.69) is 16.0 Å². The molecule has 7 nitrogen and oxygen atoms in total. The molecule has 0 radical (unpaired) electrons. The fourth-order valence-electron chi connectivity index (χ4n) is 4.11. The van der Waals surface area contributed by atoms with Gasteiger partial charge in [-0.05, 0) is 29.8 Å². The van der Waals surface area contributed by atoms with E-state index in [9.17, 15) is 9.59 Å². The Balaban J connectivity index is 1.36. The molecular formula is C22H25ClN4O3. The molecule has 8 heteroatoms. The first kappa shape index (κ1) is 20.6. The van der Waals surface area contributed by atoms with Crippen molar-refractivity contribution in [3.05, 3.63) is 53.3 Å². The van der Waals surface area contributed by atoms with Gasteiger partial charge in [0.1, 0.15) is 5.75 Å². The Bertz CT molecular complexity index is 916. The molecule has 2 fully saturated rings. The number of amides is 2. The summed E-state index contributed by atoms with van der Waals surface area (Å²) in [5.41, 5.74) is 1.79. The lowest BCUT2D eigenvalue weighted by Crippen LogP contribution is -2.50. The molecule has 2 aliphatic heterocycles. The molecular weight excluding hydrogens is 404 g/mol. The van der Waals surface area contributed by atoms with Crippen molar-refractivity contribution in [1.29, 1.82) is 0 Å². The average molecular weight is 429 g/mol. The topological polar surface area (TPSA) is 66.0 Å². The van der Waals surface area contributed by atoms with Crippen LogP contribution >= 0.6 is 11.6 Å². The highest BCUT2D eigenvalue weighted by Crippen LogP contribution is 2.35. The van der Waals surface area contributed by atoms with Crippen LogP contribution in [0.25, 0.3) is 0 Å². The summed E-state index contributed by atoms with van der Waals surface area (Å²) in [6.07, 6.45) is 3.86. The second kappa shape index (κ2) is 9.02. The Morgan fingerprint density at radius 2 is 2.03 bits per heavy atom. The third kappa shape index (κ3) is 4.42. The standard InChI is InChI=1S/C22H25ClN4O3/c1-30-20-5-4-18(23)12-19(20)27-15-17(11-21(27)28)22(29)26-9-7-25(8-10-26)14-16-3-2-6-24-13-16/h2-6,12-13,17H,7-11,14-15H2,1H3. The molecule has 2 amide bonds. The maximum atomic E-state index is 13.1. The molecule has 2 saturated heterocycles. The van der Waals surface area contributed by atoms with E-state index in [0.717, 1.165) is 19.6 Å². The van der Waals surface area contributed by atoms with Crippen molar-refractivity contribution in [2.75, 3.05) is 44.7 Å². The van der Waals surface area contributed by atoms with Gasteiger partial charge in [-0.2, -0.15) is 0 Å². The highest BCUT2D eigenvalue weighted by atomic mass is 35.5. The zero-order valence-electron chi connectivity index (χ0n) is 17.0. The summed E-state index contributed by atoms with van der Waals surface area (Å²) < 4.78 is 5.38. The average Bonchev–Trinajstić information content (AvgIpc) is 3.16. The Morgan fingerprint density at radius 3 is 2.73 bits per heavy atom. The smallest absolute Gasteiger partial charge is 0.228 e. The van der Waals surface area contributed by atoms with Gasteiger partial charge in [0, 0.05) is 63.1 Å². The fourth-order valence-corrected chi connectivity index (χ4v) is 4.28. The molecule has 0 bridgehead atoms. The maximum Gasteiger partial charge on any atom is 0.228 e. The number of nitrogens with zero attached hydrogens (tertiary/aromatic N) is 4. The fraction of sp³-hybridized carbons (Fsp3) is 0.409. The van der Waals surface area contributed by atoms with Gasteiger partial charge in [0.2, 0.25) is 11.8 Å². The highest BCUT2D eigenvalue weighted by molar-refractivity contribution is 6.31. The van der Waals surface area contributed by atoms with Gasteiger partial charge >= 0.3 is 0 Å². The zero-order valence-corrected chi connectivity index (χ0v) is 17.7. The van der Waals surface area contributed by atoms with Crippen LogP contribution in [-0.2, 0) is 16.1 Å². The minimum absolute atomic E-state index is 0.0490. The van der Waals surface area contributed by atoms with Gasteiger partial charge in [-0.1, -0.05) is 17.7 Å². The molecule has 2 aliphatic rings. The largest absolute Gasteiger partial charge is 0.495 e. The number of hydrogen-bond acceptors (Lipinski definition) is 5. The first-order chi connectivity index (χ1) is 14.5. The molecule has 158 valence electrons. The number of carbonyl (C=O) groups excluding carboxylic acids is 2. The van der Waals surface area contributed by atoms with E-state index in [0.29, 0.717) is 36.1 Å². The minimum atomic E-state index is -0.342. The Hall–Kier alpha value is -2.64. The lowest BCUT2D eigenvalue weighted by molar-refractivity contribution is -0.137. The molecule has 0 spiro atoms. The molecule has 1 aromatic heterocycles.